The van der Waals surface area contributed by atoms with E-state index in [1.54, 1.807) is 33.3 Å². The zero-order valence-electron chi connectivity index (χ0n) is 17.5. The number of aromatic amines is 1. The summed E-state index contributed by atoms with van der Waals surface area (Å²) in [5.74, 6) is 1.36. The van der Waals surface area contributed by atoms with Crippen LogP contribution >= 0.6 is 11.8 Å². The van der Waals surface area contributed by atoms with Gasteiger partial charge >= 0.3 is 0 Å². The van der Waals surface area contributed by atoms with Crippen LogP contribution in [0.4, 0.5) is 0 Å². The molecule has 1 aromatic heterocycles. The highest BCUT2D eigenvalue weighted by molar-refractivity contribution is 7.98. The average molecular weight is 422 g/mol. The van der Waals surface area contributed by atoms with Crippen LogP contribution in [0.2, 0.25) is 0 Å². The lowest BCUT2D eigenvalue weighted by molar-refractivity contribution is -0.121. The number of carbonyl (C=O) groups excluding carboxylic acids is 1. The standard InChI is InChI=1S/C20H27N3O5S/c1-11(13-9-15(26-3)18(28-5)16(10-13)27-4)21-17(24)8-7-14-12(2)22-20(29-6)23-19(14)25/h9-11H,7-8H2,1-6H3,(H,21,24)(H,22,23,25). The highest BCUT2D eigenvalue weighted by Crippen LogP contribution is 2.39. The molecule has 0 saturated heterocycles. The van der Waals surface area contributed by atoms with Gasteiger partial charge in [0.2, 0.25) is 11.7 Å². The van der Waals surface area contributed by atoms with Crippen LogP contribution < -0.4 is 25.1 Å². The number of methoxy groups -OCH3 is 3. The van der Waals surface area contributed by atoms with Crippen molar-refractivity contribution in [2.75, 3.05) is 27.6 Å². The molecule has 8 nitrogen and oxygen atoms in total. The van der Waals surface area contributed by atoms with E-state index in [9.17, 15) is 9.59 Å². The van der Waals surface area contributed by atoms with E-state index in [1.165, 1.54) is 18.9 Å². The second kappa shape index (κ2) is 10.2. The maximum absolute atomic E-state index is 12.4. The third-order valence-corrected chi connectivity index (χ3v) is 5.14. The number of nitrogens with zero attached hydrogens (tertiary/aromatic N) is 1. The molecule has 2 rings (SSSR count). The van der Waals surface area contributed by atoms with Crippen molar-refractivity contribution < 1.29 is 19.0 Å². The number of amides is 1. The van der Waals surface area contributed by atoms with Crippen molar-refractivity contribution in [2.45, 2.75) is 37.9 Å². The van der Waals surface area contributed by atoms with Crippen LogP contribution in [0, 0.1) is 6.92 Å². The minimum atomic E-state index is -0.285. The van der Waals surface area contributed by atoms with Gasteiger partial charge in [-0.15, -0.1) is 0 Å². The Kier molecular flexibility index (Phi) is 7.95. The highest BCUT2D eigenvalue weighted by Gasteiger charge is 2.18. The number of thioether (sulfide) groups is 1. The average Bonchev–Trinajstić information content (AvgIpc) is 2.71. The van der Waals surface area contributed by atoms with Crippen LogP contribution in [0.15, 0.2) is 22.1 Å². The summed E-state index contributed by atoms with van der Waals surface area (Å²) < 4.78 is 16.0. The van der Waals surface area contributed by atoms with E-state index >= 15 is 0 Å². The first-order valence-corrected chi connectivity index (χ1v) is 10.3. The molecule has 0 radical (unpaired) electrons. The molecule has 0 saturated carbocycles. The normalized spacial score (nSPS) is 11.7. The van der Waals surface area contributed by atoms with E-state index in [2.05, 4.69) is 15.3 Å². The van der Waals surface area contributed by atoms with Gasteiger partial charge in [0.1, 0.15) is 0 Å². The van der Waals surface area contributed by atoms with E-state index in [0.717, 1.165) is 5.56 Å². The number of nitrogens with one attached hydrogen (secondary N) is 2. The smallest absolute Gasteiger partial charge is 0.254 e. The zero-order chi connectivity index (χ0) is 21.6. The first kappa shape index (κ1) is 22.6. The lowest BCUT2D eigenvalue weighted by atomic mass is 10.1. The molecule has 0 spiro atoms. The third kappa shape index (κ3) is 5.44. The fourth-order valence-electron chi connectivity index (χ4n) is 2.96. The van der Waals surface area contributed by atoms with Crippen molar-refractivity contribution in [3.8, 4) is 17.2 Å². The maximum Gasteiger partial charge on any atom is 0.254 e. The van der Waals surface area contributed by atoms with Crippen LogP contribution in [0.3, 0.4) is 0 Å². The zero-order valence-corrected chi connectivity index (χ0v) is 18.4. The molecule has 0 aliphatic heterocycles. The molecular weight excluding hydrogens is 394 g/mol. The molecule has 2 aromatic rings. The van der Waals surface area contributed by atoms with Gasteiger partial charge in [-0.3, -0.25) is 9.59 Å². The molecule has 1 heterocycles. The fourth-order valence-corrected chi connectivity index (χ4v) is 3.39. The van der Waals surface area contributed by atoms with E-state index in [4.69, 9.17) is 14.2 Å². The minimum Gasteiger partial charge on any atom is -0.493 e. The van der Waals surface area contributed by atoms with Crippen molar-refractivity contribution in [3.05, 3.63) is 39.3 Å². The summed E-state index contributed by atoms with van der Waals surface area (Å²) in [4.78, 5) is 31.7. The molecular formula is C20H27N3O5S. The second-order valence-electron chi connectivity index (χ2n) is 6.39. The highest BCUT2D eigenvalue weighted by atomic mass is 32.2. The monoisotopic (exact) mass is 421 g/mol. The number of rotatable bonds is 9. The van der Waals surface area contributed by atoms with Gasteiger partial charge in [0.05, 0.1) is 27.4 Å². The summed E-state index contributed by atoms with van der Waals surface area (Å²) in [5, 5.41) is 3.51. The summed E-state index contributed by atoms with van der Waals surface area (Å²) in [6.45, 7) is 3.65. The van der Waals surface area contributed by atoms with Gasteiger partial charge in [0, 0.05) is 17.7 Å². The van der Waals surface area contributed by atoms with E-state index in [0.29, 0.717) is 40.1 Å². The number of hydrogen-bond acceptors (Lipinski definition) is 7. The van der Waals surface area contributed by atoms with Gasteiger partial charge in [-0.05, 0) is 44.2 Å². The Balaban J connectivity index is 2.09. The Morgan fingerprint density at radius 3 is 2.31 bits per heavy atom. The molecule has 1 aromatic carbocycles. The molecule has 1 amide bonds. The molecule has 1 atom stereocenters. The Labute approximate surface area is 174 Å². The molecule has 1 unspecified atom stereocenters. The van der Waals surface area contributed by atoms with Crippen LogP contribution in [-0.4, -0.2) is 43.5 Å². The predicted octanol–water partition coefficient (Wildman–Crippen LogP) is 2.64. The summed E-state index contributed by atoms with van der Waals surface area (Å²) in [7, 11) is 4.62. The van der Waals surface area contributed by atoms with E-state index < -0.39 is 0 Å². The van der Waals surface area contributed by atoms with E-state index in [-0.39, 0.29) is 23.9 Å². The molecule has 29 heavy (non-hydrogen) atoms. The van der Waals surface area contributed by atoms with Gasteiger partial charge in [-0.2, -0.15) is 0 Å². The van der Waals surface area contributed by atoms with Gasteiger partial charge in [-0.1, -0.05) is 11.8 Å². The van der Waals surface area contributed by atoms with Crippen molar-refractivity contribution >= 4 is 17.7 Å². The van der Waals surface area contributed by atoms with Crippen molar-refractivity contribution in [1.82, 2.24) is 15.3 Å². The molecule has 2 N–H and O–H groups in total. The van der Waals surface area contributed by atoms with Gasteiger partial charge in [0.25, 0.3) is 5.56 Å². The SMILES string of the molecule is COc1cc(C(C)NC(=O)CCc2c(C)nc(SC)[nH]c2=O)cc(OC)c1OC. The first-order chi connectivity index (χ1) is 13.8. The molecule has 0 aliphatic rings. The van der Waals surface area contributed by atoms with Crippen LogP contribution in [-0.2, 0) is 11.2 Å². The molecule has 0 bridgehead atoms. The minimum absolute atomic E-state index is 0.168. The van der Waals surface area contributed by atoms with Crippen molar-refractivity contribution in [3.63, 3.8) is 0 Å². The van der Waals surface area contributed by atoms with Crippen LogP contribution in [0.5, 0.6) is 17.2 Å². The molecule has 0 fully saturated rings. The first-order valence-electron chi connectivity index (χ1n) is 9.07. The summed E-state index contributed by atoms with van der Waals surface area (Å²) >= 11 is 1.37. The topological polar surface area (TPSA) is 103 Å². The lowest BCUT2D eigenvalue weighted by Crippen LogP contribution is -2.28. The Hall–Kier alpha value is -2.68. The summed E-state index contributed by atoms with van der Waals surface area (Å²) in [5.41, 5.74) is 1.78. The number of aromatic nitrogens is 2. The fraction of sp³-hybridized carbons (Fsp3) is 0.450. The van der Waals surface area contributed by atoms with E-state index in [1.807, 2.05) is 13.2 Å². The Morgan fingerprint density at radius 1 is 1.21 bits per heavy atom. The Morgan fingerprint density at radius 2 is 1.83 bits per heavy atom. The largest absolute Gasteiger partial charge is 0.493 e. The van der Waals surface area contributed by atoms with Crippen molar-refractivity contribution in [1.29, 1.82) is 0 Å². The second-order valence-corrected chi connectivity index (χ2v) is 7.18. The summed E-state index contributed by atoms with van der Waals surface area (Å²) in [6.07, 6.45) is 2.34. The maximum atomic E-state index is 12.4. The number of carbonyl (C=O) groups is 1. The predicted molar refractivity (Wildman–Crippen MR) is 112 cm³/mol. The quantitative estimate of drug-likeness (QED) is 0.474. The number of hydrogen-bond donors (Lipinski definition) is 2. The Bertz CT molecular complexity index is 904. The molecule has 9 heteroatoms. The molecule has 0 aliphatic carbocycles. The van der Waals surface area contributed by atoms with Gasteiger partial charge in [0.15, 0.2) is 16.7 Å². The van der Waals surface area contributed by atoms with Gasteiger partial charge < -0.3 is 24.5 Å². The van der Waals surface area contributed by atoms with Crippen molar-refractivity contribution in [2.24, 2.45) is 0 Å². The number of aryl methyl sites for hydroxylation is 1. The molecule has 158 valence electrons. The summed E-state index contributed by atoms with van der Waals surface area (Å²) in [6, 6.07) is 3.31. The van der Waals surface area contributed by atoms with Crippen LogP contribution in [0.1, 0.15) is 36.2 Å². The van der Waals surface area contributed by atoms with Crippen LogP contribution in [0.25, 0.3) is 0 Å². The number of H-pyrrole nitrogens is 1. The third-order valence-electron chi connectivity index (χ3n) is 4.56. The number of ether oxygens (including phenoxy) is 3. The number of benzene rings is 1. The van der Waals surface area contributed by atoms with Gasteiger partial charge in [-0.25, -0.2) is 4.98 Å². The lowest BCUT2D eigenvalue weighted by Gasteiger charge is -2.19.